The largest absolute Gasteiger partial charge is 0.388 e. The molecule has 1 atom stereocenters. The van der Waals surface area contributed by atoms with Crippen molar-refractivity contribution in [3.05, 3.63) is 35.4 Å². The fourth-order valence-electron chi connectivity index (χ4n) is 3.10. The maximum absolute atomic E-state index is 10.4. The third-order valence-corrected chi connectivity index (χ3v) is 4.54. The van der Waals surface area contributed by atoms with Crippen molar-refractivity contribution >= 4 is 0 Å². The summed E-state index contributed by atoms with van der Waals surface area (Å²) in [5.74, 6) is 0. The molecule has 0 aliphatic rings. The molecule has 1 rings (SSSR count). The normalized spacial score (nSPS) is 12.5. The summed E-state index contributed by atoms with van der Waals surface area (Å²) in [4.78, 5) is 0. The van der Waals surface area contributed by atoms with Crippen molar-refractivity contribution in [2.45, 2.75) is 97.0 Å². The number of hydrogen-bond donors (Lipinski definition) is 1. The number of rotatable bonds is 13. The van der Waals surface area contributed by atoms with Gasteiger partial charge in [0.05, 0.1) is 6.10 Å². The van der Waals surface area contributed by atoms with Crippen LogP contribution < -0.4 is 0 Å². The van der Waals surface area contributed by atoms with Crippen LogP contribution in [0, 0.1) is 0 Å². The van der Waals surface area contributed by atoms with Crippen LogP contribution >= 0.6 is 0 Å². The summed E-state index contributed by atoms with van der Waals surface area (Å²) in [6, 6.07) is 8.49. The zero-order valence-electron chi connectivity index (χ0n) is 14.8. The Bertz CT molecular complexity index is 372. The van der Waals surface area contributed by atoms with Gasteiger partial charge in [-0.3, -0.25) is 0 Å². The first kappa shape index (κ1) is 19.2. The molecule has 1 N–H and O–H groups in total. The number of hydrogen-bond acceptors (Lipinski definition) is 1. The van der Waals surface area contributed by atoms with Crippen LogP contribution in [0.25, 0.3) is 0 Å². The summed E-state index contributed by atoms with van der Waals surface area (Å²) >= 11 is 0. The number of aliphatic hydroxyl groups is 1. The van der Waals surface area contributed by atoms with Crippen molar-refractivity contribution in [3.8, 4) is 0 Å². The maximum Gasteiger partial charge on any atom is 0.0792 e. The molecule has 0 amide bonds. The number of benzene rings is 1. The van der Waals surface area contributed by atoms with Crippen molar-refractivity contribution < 1.29 is 5.11 Å². The monoisotopic (exact) mass is 304 g/mol. The van der Waals surface area contributed by atoms with Crippen molar-refractivity contribution in [1.29, 1.82) is 0 Å². The third-order valence-electron chi connectivity index (χ3n) is 4.54. The SMILES string of the molecule is CCCCCCCCCc1ccccc1C(O)CCCCC. The standard InChI is InChI=1S/C21H36O/c1-3-5-7-8-9-10-12-15-19-16-13-14-17-20(19)21(22)18-11-6-4-2/h13-14,16-17,21-22H,3-12,15,18H2,1-2H3. The predicted octanol–water partition coefficient (Wildman–Crippen LogP) is 6.59. The summed E-state index contributed by atoms with van der Waals surface area (Å²) in [7, 11) is 0. The Morgan fingerprint density at radius 1 is 0.773 bits per heavy atom. The lowest BCUT2D eigenvalue weighted by atomic mass is 9.94. The molecule has 0 aliphatic heterocycles. The van der Waals surface area contributed by atoms with Gasteiger partial charge in [0.1, 0.15) is 0 Å². The van der Waals surface area contributed by atoms with Crippen LogP contribution in [0.4, 0.5) is 0 Å². The molecule has 126 valence electrons. The van der Waals surface area contributed by atoms with E-state index in [1.54, 1.807) is 0 Å². The molecule has 0 aromatic heterocycles. The minimum atomic E-state index is -0.271. The zero-order chi connectivity index (χ0) is 16.0. The maximum atomic E-state index is 10.4. The Hall–Kier alpha value is -0.820. The van der Waals surface area contributed by atoms with Gasteiger partial charge in [0.2, 0.25) is 0 Å². The molecule has 0 saturated carbocycles. The van der Waals surface area contributed by atoms with Crippen LogP contribution in [0.5, 0.6) is 0 Å². The van der Waals surface area contributed by atoms with E-state index in [1.165, 1.54) is 68.9 Å². The first-order valence-electron chi connectivity index (χ1n) is 9.55. The van der Waals surface area contributed by atoms with E-state index in [0.29, 0.717) is 0 Å². The summed E-state index contributed by atoms with van der Waals surface area (Å²) in [6.45, 7) is 4.48. The predicted molar refractivity (Wildman–Crippen MR) is 97.2 cm³/mol. The molecule has 0 radical (unpaired) electrons. The molecule has 1 heteroatoms. The summed E-state index contributed by atoms with van der Waals surface area (Å²) in [5.41, 5.74) is 2.53. The van der Waals surface area contributed by atoms with E-state index in [1.807, 2.05) is 0 Å². The van der Waals surface area contributed by atoms with Gasteiger partial charge in [-0.05, 0) is 30.4 Å². The van der Waals surface area contributed by atoms with E-state index in [-0.39, 0.29) is 6.10 Å². The molecule has 1 nitrogen and oxygen atoms in total. The van der Waals surface area contributed by atoms with Gasteiger partial charge in [-0.15, -0.1) is 0 Å². The second-order valence-corrected chi connectivity index (χ2v) is 6.58. The number of unbranched alkanes of at least 4 members (excludes halogenated alkanes) is 8. The topological polar surface area (TPSA) is 20.2 Å². The Labute approximate surface area is 138 Å². The highest BCUT2D eigenvalue weighted by atomic mass is 16.3. The van der Waals surface area contributed by atoms with E-state index >= 15 is 0 Å². The Morgan fingerprint density at radius 3 is 2.09 bits per heavy atom. The van der Waals surface area contributed by atoms with E-state index in [9.17, 15) is 5.11 Å². The quantitative estimate of drug-likeness (QED) is 0.407. The molecule has 0 heterocycles. The number of aliphatic hydroxyl groups excluding tert-OH is 1. The molecule has 22 heavy (non-hydrogen) atoms. The smallest absolute Gasteiger partial charge is 0.0792 e. The van der Waals surface area contributed by atoms with Crippen LogP contribution in [-0.4, -0.2) is 5.11 Å². The van der Waals surface area contributed by atoms with Crippen LogP contribution in [-0.2, 0) is 6.42 Å². The highest BCUT2D eigenvalue weighted by Gasteiger charge is 2.11. The van der Waals surface area contributed by atoms with E-state index in [4.69, 9.17) is 0 Å². The lowest BCUT2D eigenvalue weighted by Gasteiger charge is -2.15. The van der Waals surface area contributed by atoms with Crippen molar-refractivity contribution in [2.75, 3.05) is 0 Å². The molecule has 0 fully saturated rings. The van der Waals surface area contributed by atoms with Gasteiger partial charge < -0.3 is 5.11 Å². The Kier molecular flexibility index (Phi) is 11.1. The van der Waals surface area contributed by atoms with Crippen LogP contribution in [0.1, 0.15) is 102 Å². The van der Waals surface area contributed by atoms with Crippen molar-refractivity contribution in [2.24, 2.45) is 0 Å². The minimum Gasteiger partial charge on any atom is -0.388 e. The first-order chi connectivity index (χ1) is 10.8. The molecule has 1 unspecified atom stereocenters. The third kappa shape index (κ3) is 7.98. The molecule has 1 aromatic carbocycles. The second kappa shape index (κ2) is 12.7. The van der Waals surface area contributed by atoms with Crippen LogP contribution in [0.2, 0.25) is 0 Å². The molecular formula is C21H36O. The molecule has 0 saturated heterocycles. The number of aryl methyl sites for hydroxylation is 1. The lowest BCUT2D eigenvalue weighted by molar-refractivity contribution is 0.162. The van der Waals surface area contributed by atoms with Gasteiger partial charge in [0.15, 0.2) is 0 Å². The Balaban J connectivity index is 2.33. The fourth-order valence-corrected chi connectivity index (χ4v) is 3.10. The van der Waals surface area contributed by atoms with Crippen LogP contribution in [0.3, 0.4) is 0 Å². The first-order valence-corrected chi connectivity index (χ1v) is 9.55. The molecular weight excluding hydrogens is 268 g/mol. The Morgan fingerprint density at radius 2 is 1.36 bits per heavy atom. The minimum absolute atomic E-state index is 0.271. The van der Waals surface area contributed by atoms with Gasteiger partial charge in [0, 0.05) is 0 Å². The summed E-state index contributed by atoms with van der Waals surface area (Å²) in [5, 5.41) is 10.4. The average Bonchev–Trinajstić information content (AvgIpc) is 2.54. The summed E-state index contributed by atoms with van der Waals surface area (Å²) in [6.07, 6.45) is 14.7. The molecule has 0 aliphatic carbocycles. The van der Waals surface area contributed by atoms with Crippen molar-refractivity contribution in [3.63, 3.8) is 0 Å². The summed E-state index contributed by atoms with van der Waals surface area (Å²) < 4.78 is 0. The van der Waals surface area contributed by atoms with Gasteiger partial charge in [-0.25, -0.2) is 0 Å². The van der Waals surface area contributed by atoms with Crippen LogP contribution in [0.15, 0.2) is 24.3 Å². The molecule has 1 aromatic rings. The zero-order valence-corrected chi connectivity index (χ0v) is 14.8. The van der Waals surface area contributed by atoms with Crippen molar-refractivity contribution in [1.82, 2.24) is 0 Å². The average molecular weight is 305 g/mol. The van der Waals surface area contributed by atoms with E-state index in [2.05, 4.69) is 38.1 Å². The van der Waals surface area contributed by atoms with Gasteiger partial charge in [-0.2, -0.15) is 0 Å². The molecule has 0 bridgehead atoms. The van der Waals surface area contributed by atoms with E-state index in [0.717, 1.165) is 19.3 Å². The molecule has 0 spiro atoms. The highest BCUT2D eigenvalue weighted by Crippen LogP contribution is 2.24. The van der Waals surface area contributed by atoms with Gasteiger partial charge >= 0.3 is 0 Å². The highest BCUT2D eigenvalue weighted by molar-refractivity contribution is 5.29. The fraction of sp³-hybridized carbons (Fsp3) is 0.714. The van der Waals surface area contributed by atoms with Gasteiger partial charge in [0.25, 0.3) is 0 Å². The second-order valence-electron chi connectivity index (χ2n) is 6.58. The van der Waals surface area contributed by atoms with E-state index < -0.39 is 0 Å². The van der Waals surface area contributed by atoms with Gasteiger partial charge in [-0.1, -0.05) is 95.9 Å². The lowest BCUT2D eigenvalue weighted by Crippen LogP contribution is -2.02.